The summed E-state index contributed by atoms with van der Waals surface area (Å²) in [5.41, 5.74) is -0.203. The van der Waals surface area contributed by atoms with Crippen molar-refractivity contribution in [3.63, 3.8) is 0 Å². The first-order valence-electron chi connectivity index (χ1n) is 7.17. The summed E-state index contributed by atoms with van der Waals surface area (Å²) in [5.74, 6) is -2.56. The van der Waals surface area contributed by atoms with Crippen LogP contribution < -0.4 is 15.4 Å². The van der Waals surface area contributed by atoms with Crippen molar-refractivity contribution in [3.05, 3.63) is 53.6 Å². The third kappa shape index (κ3) is 2.92. The van der Waals surface area contributed by atoms with Gasteiger partial charge in [0, 0.05) is 11.3 Å². The normalized spacial score (nSPS) is 15.1. The van der Waals surface area contributed by atoms with Gasteiger partial charge in [-0.25, -0.2) is 8.78 Å². The second kappa shape index (κ2) is 5.59. The molecule has 124 valence electrons. The average Bonchev–Trinajstić information content (AvgIpc) is 2.51. The number of benzene rings is 2. The van der Waals surface area contributed by atoms with Gasteiger partial charge in [-0.3, -0.25) is 9.59 Å². The lowest BCUT2D eigenvalue weighted by molar-refractivity contribution is -0.129. The zero-order chi connectivity index (χ0) is 17.5. The van der Waals surface area contributed by atoms with E-state index < -0.39 is 23.1 Å². The second-order valence-corrected chi connectivity index (χ2v) is 5.86. The van der Waals surface area contributed by atoms with E-state index in [1.165, 1.54) is 12.1 Å². The Morgan fingerprint density at radius 1 is 1.12 bits per heavy atom. The average molecular weight is 332 g/mol. The van der Waals surface area contributed by atoms with Gasteiger partial charge in [-0.15, -0.1) is 0 Å². The van der Waals surface area contributed by atoms with E-state index in [-0.39, 0.29) is 11.5 Å². The highest BCUT2D eigenvalue weighted by molar-refractivity contribution is 6.05. The van der Waals surface area contributed by atoms with Crippen molar-refractivity contribution in [1.82, 2.24) is 0 Å². The van der Waals surface area contributed by atoms with Crippen molar-refractivity contribution in [3.8, 4) is 5.75 Å². The Labute approximate surface area is 136 Å². The fraction of sp³-hybridized carbons (Fsp3) is 0.176. The van der Waals surface area contributed by atoms with Crippen LogP contribution in [0.1, 0.15) is 24.2 Å². The Kier molecular flexibility index (Phi) is 3.71. The van der Waals surface area contributed by atoms with Gasteiger partial charge in [0.25, 0.3) is 11.8 Å². The predicted octanol–water partition coefficient (Wildman–Crippen LogP) is 3.33. The van der Waals surface area contributed by atoms with E-state index >= 15 is 0 Å². The minimum atomic E-state index is -1.10. The highest BCUT2D eigenvalue weighted by Gasteiger charge is 2.35. The SMILES string of the molecule is CC1(C)Oc2ccc(NC(=O)c3ccc(F)c(F)c3)cc2NC1=O. The zero-order valence-corrected chi connectivity index (χ0v) is 12.9. The highest BCUT2D eigenvalue weighted by Crippen LogP contribution is 2.35. The third-order valence-electron chi connectivity index (χ3n) is 3.58. The van der Waals surface area contributed by atoms with Crippen molar-refractivity contribution in [2.75, 3.05) is 10.6 Å². The quantitative estimate of drug-likeness (QED) is 0.886. The van der Waals surface area contributed by atoms with Crippen LogP contribution in [-0.4, -0.2) is 17.4 Å². The number of nitrogens with one attached hydrogen (secondary N) is 2. The molecule has 0 fully saturated rings. The minimum absolute atomic E-state index is 0.0203. The van der Waals surface area contributed by atoms with Crippen molar-refractivity contribution in [1.29, 1.82) is 0 Å². The van der Waals surface area contributed by atoms with Gasteiger partial charge in [-0.05, 0) is 50.2 Å². The summed E-state index contributed by atoms with van der Waals surface area (Å²) in [7, 11) is 0. The van der Waals surface area contributed by atoms with Gasteiger partial charge in [0.05, 0.1) is 5.69 Å². The molecule has 24 heavy (non-hydrogen) atoms. The fourth-order valence-electron chi connectivity index (χ4n) is 2.23. The van der Waals surface area contributed by atoms with Crippen LogP contribution >= 0.6 is 0 Å². The molecule has 0 atom stereocenters. The molecule has 2 aromatic carbocycles. The number of hydrogen-bond acceptors (Lipinski definition) is 3. The molecular formula is C17H14F2N2O3. The fourth-order valence-corrected chi connectivity index (χ4v) is 2.23. The van der Waals surface area contributed by atoms with Gasteiger partial charge in [-0.2, -0.15) is 0 Å². The van der Waals surface area contributed by atoms with Crippen LogP contribution in [0.2, 0.25) is 0 Å². The molecule has 0 aromatic heterocycles. The molecule has 0 aliphatic carbocycles. The highest BCUT2D eigenvalue weighted by atomic mass is 19.2. The first-order valence-corrected chi connectivity index (χ1v) is 7.17. The van der Waals surface area contributed by atoms with Crippen molar-refractivity contribution in [2.24, 2.45) is 0 Å². The number of ether oxygens (including phenoxy) is 1. The molecule has 2 aromatic rings. The lowest BCUT2D eigenvalue weighted by Gasteiger charge is -2.31. The van der Waals surface area contributed by atoms with Gasteiger partial charge in [0.1, 0.15) is 5.75 Å². The van der Waals surface area contributed by atoms with E-state index in [0.29, 0.717) is 17.1 Å². The Balaban J connectivity index is 1.82. The van der Waals surface area contributed by atoms with Crippen LogP contribution in [0, 0.1) is 11.6 Å². The summed E-state index contributed by atoms with van der Waals surface area (Å²) in [6.07, 6.45) is 0. The van der Waals surface area contributed by atoms with E-state index in [4.69, 9.17) is 4.74 Å². The first-order chi connectivity index (χ1) is 11.3. The molecule has 1 aliphatic heterocycles. The topological polar surface area (TPSA) is 67.4 Å². The molecule has 1 heterocycles. The molecule has 1 aliphatic rings. The van der Waals surface area contributed by atoms with Crippen molar-refractivity contribution in [2.45, 2.75) is 19.4 Å². The van der Waals surface area contributed by atoms with Gasteiger partial charge >= 0.3 is 0 Å². The lowest BCUT2D eigenvalue weighted by Crippen LogP contribution is -2.45. The van der Waals surface area contributed by atoms with Crippen molar-refractivity contribution >= 4 is 23.2 Å². The molecule has 0 bridgehead atoms. The van der Waals surface area contributed by atoms with E-state index in [2.05, 4.69) is 10.6 Å². The molecule has 0 spiro atoms. The van der Waals surface area contributed by atoms with Gasteiger partial charge in [0.15, 0.2) is 17.2 Å². The first kappa shape index (κ1) is 15.9. The van der Waals surface area contributed by atoms with E-state index in [1.54, 1.807) is 26.0 Å². The van der Waals surface area contributed by atoms with Crippen LogP contribution in [0.4, 0.5) is 20.2 Å². The molecule has 2 N–H and O–H groups in total. The largest absolute Gasteiger partial charge is 0.476 e. The minimum Gasteiger partial charge on any atom is -0.476 e. The van der Waals surface area contributed by atoms with Gasteiger partial charge in [-0.1, -0.05) is 0 Å². The monoisotopic (exact) mass is 332 g/mol. The summed E-state index contributed by atoms with van der Waals surface area (Å²) in [6.45, 7) is 3.29. The summed E-state index contributed by atoms with van der Waals surface area (Å²) < 4.78 is 31.7. The summed E-state index contributed by atoms with van der Waals surface area (Å²) in [4.78, 5) is 24.0. The standard InChI is InChI=1S/C17H14F2N2O3/c1-17(2)16(23)21-13-8-10(4-6-14(13)24-17)20-15(22)9-3-5-11(18)12(19)7-9/h3-8H,1-2H3,(H,20,22)(H,21,23). The second-order valence-electron chi connectivity index (χ2n) is 5.86. The summed E-state index contributed by atoms with van der Waals surface area (Å²) in [5, 5.41) is 5.25. The van der Waals surface area contributed by atoms with Crippen molar-refractivity contribution < 1.29 is 23.1 Å². The van der Waals surface area contributed by atoms with Gasteiger partial charge in [0.2, 0.25) is 0 Å². The zero-order valence-electron chi connectivity index (χ0n) is 12.9. The number of rotatable bonds is 2. The van der Waals surface area contributed by atoms with Crippen LogP contribution in [0.5, 0.6) is 5.75 Å². The number of carbonyl (C=O) groups excluding carboxylic acids is 2. The van der Waals surface area contributed by atoms with Crippen LogP contribution in [0.25, 0.3) is 0 Å². The van der Waals surface area contributed by atoms with Crippen LogP contribution in [0.3, 0.4) is 0 Å². The summed E-state index contributed by atoms with van der Waals surface area (Å²) in [6, 6.07) is 7.60. The molecule has 0 radical (unpaired) electrons. The molecule has 0 saturated carbocycles. The predicted molar refractivity (Wildman–Crippen MR) is 84.1 cm³/mol. The van der Waals surface area contributed by atoms with Crippen LogP contribution in [0.15, 0.2) is 36.4 Å². The molecular weight excluding hydrogens is 318 g/mol. The van der Waals surface area contributed by atoms with E-state index in [1.807, 2.05) is 0 Å². The maximum absolute atomic E-state index is 13.2. The van der Waals surface area contributed by atoms with Gasteiger partial charge < -0.3 is 15.4 Å². The van der Waals surface area contributed by atoms with E-state index in [0.717, 1.165) is 12.1 Å². The molecule has 0 unspecified atom stereocenters. The van der Waals surface area contributed by atoms with E-state index in [9.17, 15) is 18.4 Å². The van der Waals surface area contributed by atoms with Crippen LogP contribution in [-0.2, 0) is 4.79 Å². The maximum atomic E-state index is 13.2. The molecule has 0 saturated heterocycles. The number of fused-ring (bicyclic) bond motifs is 1. The maximum Gasteiger partial charge on any atom is 0.268 e. The number of hydrogen-bond donors (Lipinski definition) is 2. The molecule has 2 amide bonds. The number of carbonyl (C=O) groups is 2. The number of amides is 2. The molecule has 5 nitrogen and oxygen atoms in total. The Morgan fingerprint density at radius 3 is 2.58 bits per heavy atom. The lowest BCUT2D eigenvalue weighted by atomic mass is 10.1. The molecule has 7 heteroatoms. The number of halogens is 2. The third-order valence-corrected chi connectivity index (χ3v) is 3.58. The smallest absolute Gasteiger partial charge is 0.268 e. The summed E-state index contributed by atoms with van der Waals surface area (Å²) >= 11 is 0. The Hall–Kier alpha value is -2.96. The number of anilines is 2. The Morgan fingerprint density at radius 2 is 1.88 bits per heavy atom. The molecule has 3 rings (SSSR count). The Bertz CT molecular complexity index is 850.